The van der Waals surface area contributed by atoms with Crippen molar-refractivity contribution in [3.05, 3.63) is 28.2 Å². The molecular weight excluding hydrogens is 277 g/mol. The lowest BCUT2D eigenvalue weighted by atomic mass is 10.3. The van der Waals surface area contributed by atoms with Gasteiger partial charge in [0.25, 0.3) is 0 Å². The molecule has 0 amide bonds. The molecule has 0 fully saturated rings. The van der Waals surface area contributed by atoms with E-state index in [1.54, 1.807) is 6.07 Å². The predicted octanol–water partition coefficient (Wildman–Crippen LogP) is 4.96. The van der Waals surface area contributed by atoms with Crippen molar-refractivity contribution in [3.63, 3.8) is 0 Å². The monoisotopic (exact) mass is 278 g/mol. The largest absolute Gasteiger partial charge is 0.428 e. The fourth-order valence-corrected chi connectivity index (χ4v) is 1.86. The SMILES string of the molecule is O=P(Cl)(Cl)Oc1cc(Cl)ccc1Cl. The Kier molecular flexibility index (Phi) is 3.79. The van der Waals surface area contributed by atoms with Crippen LogP contribution < -0.4 is 4.52 Å². The molecule has 0 aliphatic heterocycles. The van der Waals surface area contributed by atoms with Crippen molar-refractivity contribution >= 4 is 51.8 Å². The molecule has 0 radical (unpaired) electrons. The highest BCUT2D eigenvalue weighted by molar-refractivity contribution is 8.05. The molecule has 0 heterocycles. The van der Waals surface area contributed by atoms with E-state index in [2.05, 4.69) is 4.52 Å². The Balaban J connectivity index is 3.01. The molecule has 72 valence electrons. The lowest BCUT2D eigenvalue weighted by Gasteiger charge is -2.07. The van der Waals surface area contributed by atoms with Gasteiger partial charge >= 0.3 is 6.07 Å². The van der Waals surface area contributed by atoms with Crippen LogP contribution in [0.3, 0.4) is 0 Å². The Morgan fingerprint density at radius 3 is 2.38 bits per heavy atom. The average Bonchev–Trinajstić information content (AvgIpc) is 1.94. The van der Waals surface area contributed by atoms with Gasteiger partial charge in [-0.25, -0.2) is 4.57 Å². The summed E-state index contributed by atoms with van der Waals surface area (Å²) in [5.74, 6) is 0.0995. The minimum atomic E-state index is -3.63. The van der Waals surface area contributed by atoms with E-state index >= 15 is 0 Å². The summed E-state index contributed by atoms with van der Waals surface area (Å²) in [6, 6.07) is 4.42. The van der Waals surface area contributed by atoms with E-state index < -0.39 is 6.07 Å². The van der Waals surface area contributed by atoms with Gasteiger partial charge < -0.3 is 4.52 Å². The van der Waals surface area contributed by atoms with Crippen molar-refractivity contribution < 1.29 is 9.09 Å². The lowest BCUT2D eigenvalue weighted by molar-refractivity contribution is 0.513. The Hall–Kier alpha value is 0.410. The van der Waals surface area contributed by atoms with Crippen molar-refractivity contribution in [1.82, 2.24) is 0 Å². The molecule has 0 saturated heterocycles. The van der Waals surface area contributed by atoms with Gasteiger partial charge in [0, 0.05) is 33.6 Å². The first-order chi connectivity index (χ1) is 5.88. The maximum atomic E-state index is 10.9. The zero-order valence-corrected chi connectivity index (χ0v) is 9.93. The Morgan fingerprint density at radius 2 is 1.85 bits per heavy atom. The zero-order valence-electron chi connectivity index (χ0n) is 6.01. The Morgan fingerprint density at radius 1 is 1.23 bits per heavy atom. The third-order valence-corrected chi connectivity index (χ3v) is 2.47. The van der Waals surface area contributed by atoms with Crippen LogP contribution in [0.5, 0.6) is 5.75 Å². The van der Waals surface area contributed by atoms with E-state index in [4.69, 9.17) is 45.7 Å². The summed E-state index contributed by atoms with van der Waals surface area (Å²) in [4.78, 5) is 0. The fourth-order valence-electron chi connectivity index (χ4n) is 0.662. The quantitative estimate of drug-likeness (QED) is 0.716. The molecule has 0 spiro atoms. The van der Waals surface area contributed by atoms with Crippen LogP contribution in [0.4, 0.5) is 0 Å². The third-order valence-electron chi connectivity index (χ3n) is 1.10. The molecule has 0 saturated carbocycles. The molecule has 7 heteroatoms. The van der Waals surface area contributed by atoms with E-state index in [0.717, 1.165) is 0 Å². The van der Waals surface area contributed by atoms with Gasteiger partial charge in [-0.1, -0.05) is 23.2 Å². The first kappa shape index (κ1) is 11.5. The molecular formula is C6H3Cl4O2P. The van der Waals surface area contributed by atoms with Crippen LogP contribution in [-0.2, 0) is 4.57 Å². The van der Waals surface area contributed by atoms with Crippen LogP contribution >= 0.6 is 51.8 Å². The molecule has 0 unspecified atom stereocenters. The minimum absolute atomic E-state index is 0.0995. The summed E-state index contributed by atoms with van der Waals surface area (Å²) in [6.45, 7) is 0. The predicted molar refractivity (Wildman–Crippen MR) is 56.4 cm³/mol. The fraction of sp³-hybridized carbons (Fsp3) is 0. The molecule has 0 aliphatic carbocycles. The van der Waals surface area contributed by atoms with Crippen LogP contribution in [0.1, 0.15) is 0 Å². The van der Waals surface area contributed by atoms with E-state index in [0.29, 0.717) is 5.02 Å². The van der Waals surface area contributed by atoms with Crippen LogP contribution in [0.25, 0.3) is 0 Å². The van der Waals surface area contributed by atoms with Gasteiger partial charge in [-0.15, -0.1) is 0 Å². The minimum Gasteiger partial charge on any atom is -0.421 e. The second kappa shape index (κ2) is 4.29. The highest BCUT2D eigenvalue weighted by atomic mass is 35.9. The second-order valence-corrected chi connectivity index (χ2v) is 7.13. The van der Waals surface area contributed by atoms with Crippen LogP contribution in [0, 0.1) is 0 Å². The van der Waals surface area contributed by atoms with E-state index in [1.165, 1.54) is 12.1 Å². The third kappa shape index (κ3) is 3.97. The smallest absolute Gasteiger partial charge is 0.421 e. The zero-order chi connectivity index (χ0) is 10.1. The molecule has 0 aliphatic rings. The van der Waals surface area contributed by atoms with E-state index in [-0.39, 0.29) is 10.8 Å². The number of benzene rings is 1. The van der Waals surface area contributed by atoms with Crippen LogP contribution in [0.2, 0.25) is 10.0 Å². The maximum Gasteiger partial charge on any atom is 0.428 e. The standard InChI is InChI=1S/C6H3Cl4O2P/c7-4-1-2-5(8)6(3-4)12-13(9,10)11/h1-3H. The highest BCUT2D eigenvalue weighted by Gasteiger charge is 2.18. The topological polar surface area (TPSA) is 26.3 Å². The summed E-state index contributed by atoms with van der Waals surface area (Å²) in [6.07, 6.45) is -3.63. The van der Waals surface area contributed by atoms with Gasteiger partial charge in [-0.05, 0) is 12.1 Å². The number of hydrogen-bond acceptors (Lipinski definition) is 2. The first-order valence-electron chi connectivity index (χ1n) is 3.02. The lowest BCUT2D eigenvalue weighted by Crippen LogP contribution is -1.82. The van der Waals surface area contributed by atoms with Gasteiger partial charge in [0.15, 0.2) is 0 Å². The van der Waals surface area contributed by atoms with Gasteiger partial charge in [-0.3, -0.25) is 0 Å². The molecule has 1 aromatic rings. The molecule has 13 heavy (non-hydrogen) atoms. The summed E-state index contributed by atoms with van der Waals surface area (Å²) < 4.78 is 15.5. The summed E-state index contributed by atoms with van der Waals surface area (Å²) in [7, 11) is 0. The summed E-state index contributed by atoms with van der Waals surface area (Å²) in [5, 5.41) is 0.632. The van der Waals surface area contributed by atoms with Crippen molar-refractivity contribution in [2.45, 2.75) is 0 Å². The number of rotatable bonds is 2. The average molecular weight is 280 g/mol. The van der Waals surface area contributed by atoms with Crippen LogP contribution in [-0.4, -0.2) is 0 Å². The maximum absolute atomic E-state index is 10.9. The van der Waals surface area contributed by atoms with Gasteiger partial charge in [0.2, 0.25) is 0 Å². The normalized spacial score (nSPS) is 11.4. The van der Waals surface area contributed by atoms with Crippen molar-refractivity contribution in [2.24, 2.45) is 0 Å². The van der Waals surface area contributed by atoms with E-state index in [9.17, 15) is 4.57 Å². The van der Waals surface area contributed by atoms with Gasteiger partial charge in [0.05, 0.1) is 5.02 Å². The first-order valence-corrected chi connectivity index (χ1v) is 7.21. The Bertz CT molecular complexity index is 362. The van der Waals surface area contributed by atoms with Gasteiger partial charge in [-0.2, -0.15) is 0 Å². The van der Waals surface area contributed by atoms with E-state index in [1.807, 2.05) is 0 Å². The molecule has 1 rings (SSSR count). The number of hydrogen-bond donors (Lipinski definition) is 0. The molecule has 0 bridgehead atoms. The van der Waals surface area contributed by atoms with Crippen molar-refractivity contribution in [1.29, 1.82) is 0 Å². The second-order valence-electron chi connectivity index (χ2n) is 2.08. The summed E-state index contributed by atoms with van der Waals surface area (Å²) >= 11 is 21.7. The highest BCUT2D eigenvalue weighted by Crippen LogP contribution is 2.58. The van der Waals surface area contributed by atoms with Crippen molar-refractivity contribution in [2.75, 3.05) is 0 Å². The molecule has 1 aromatic carbocycles. The van der Waals surface area contributed by atoms with Crippen LogP contribution in [0.15, 0.2) is 18.2 Å². The molecule has 0 atom stereocenters. The molecule has 0 N–H and O–H groups in total. The Labute approximate surface area is 94.7 Å². The summed E-state index contributed by atoms with van der Waals surface area (Å²) in [5.41, 5.74) is 0. The number of halogens is 4. The molecule has 0 aromatic heterocycles. The molecule has 2 nitrogen and oxygen atoms in total. The van der Waals surface area contributed by atoms with Gasteiger partial charge in [0.1, 0.15) is 5.75 Å². The van der Waals surface area contributed by atoms with Crippen molar-refractivity contribution in [3.8, 4) is 5.75 Å².